The van der Waals surface area contributed by atoms with Gasteiger partial charge in [0, 0.05) is 11.8 Å². The fourth-order valence-corrected chi connectivity index (χ4v) is 3.83. The van der Waals surface area contributed by atoms with Crippen LogP contribution in [0.3, 0.4) is 0 Å². The van der Waals surface area contributed by atoms with Crippen molar-refractivity contribution >= 4 is 20.7 Å². The zero-order valence-corrected chi connectivity index (χ0v) is 14.3. The number of benzene rings is 2. The Morgan fingerprint density at radius 3 is 2.28 bits per heavy atom. The summed E-state index contributed by atoms with van der Waals surface area (Å²) in [4.78, 5) is 0. The third-order valence-electron chi connectivity index (χ3n) is 4.13. The van der Waals surface area contributed by atoms with Gasteiger partial charge in [-0.15, -0.1) is 0 Å². The third-order valence-corrected chi connectivity index (χ3v) is 5.20. The SMILES string of the molecule is CS(=O)(=O)C1=NNc2c(-c3ccccc3)cnn2C1c1ccccc1. The van der Waals surface area contributed by atoms with Crippen LogP contribution in [0.25, 0.3) is 11.1 Å². The summed E-state index contributed by atoms with van der Waals surface area (Å²) in [6.07, 6.45) is 2.89. The van der Waals surface area contributed by atoms with Crippen LogP contribution < -0.4 is 5.43 Å². The Bertz CT molecular complexity index is 1040. The minimum absolute atomic E-state index is 0.0499. The summed E-state index contributed by atoms with van der Waals surface area (Å²) in [5, 5.41) is 8.69. The van der Waals surface area contributed by atoms with E-state index in [0.29, 0.717) is 5.82 Å². The van der Waals surface area contributed by atoms with E-state index in [1.165, 1.54) is 0 Å². The van der Waals surface area contributed by atoms with Crippen molar-refractivity contribution in [1.82, 2.24) is 9.78 Å². The van der Waals surface area contributed by atoms with E-state index < -0.39 is 15.9 Å². The largest absolute Gasteiger partial charge is 0.260 e. The topological polar surface area (TPSA) is 76.3 Å². The predicted octanol–water partition coefficient (Wildman–Crippen LogP) is 2.92. The second-order valence-corrected chi connectivity index (χ2v) is 7.83. The van der Waals surface area contributed by atoms with Gasteiger partial charge >= 0.3 is 0 Å². The zero-order chi connectivity index (χ0) is 17.4. The lowest BCUT2D eigenvalue weighted by Crippen LogP contribution is -2.33. The molecule has 1 aromatic heterocycles. The van der Waals surface area contributed by atoms with Crippen molar-refractivity contribution in [3.8, 4) is 11.1 Å². The number of nitrogens with zero attached hydrogens (tertiary/aromatic N) is 3. The lowest BCUT2D eigenvalue weighted by atomic mass is 10.1. The van der Waals surface area contributed by atoms with Crippen LogP contribution in [0.1, 0.15) is 11.6 Å². The van der Waals surface area contributed by atoms with Crippen molar-refractivity contribution in [3.05, 3.63) is 72.4 Å². The van der Waals surface area contributed by atoms with Gasteiger partial charge in [0.05, 0.1) is 6.20 Å². The number of nitrogens with one attached hydrogen (secondary N) is 1. The second kappa shape index (κ2) is 5.86. The fraction of sp³-hybridized carbons (Fsp3) is 0.111. The Balaban J connectivity index is 1.91. The molecule has 0 aliphatic carbocycles. The highest BCUT2D eigenvalue weighted by atomic mass is 32.2. The first-order valence-electron chi connectivity index (χ1n) is 7.77. The lowest BCUT2D eigenvalue weighted by Gasteiger charge is -2.25. The molecule has 6 nitrogen and oxygen atoms in total. The molecule has 0 fully saturated rings. The van der Waals surface area contributed by atoms with Crippen LogP contribution in [-0.2, 0) is 9.84 Å². The molecule has 1 atom stereocenters. The predicted molar refractivity (Wildman–Crippen MR) is 98.1 cm³/mol. The van der Waals surface area contributed by atoms with Crippen molar-refractivity contribution in [2.45, 2.75) is 6.04 Å². The number of rotatable bonds is 2. The molecule has 1 unspecified atom stereocenters. The van der Waals surface area contributed by atoms with E-state index in [1.54, 1.807) is 10.9 Å². The maximum absolute atomic E-state index is 12.2. The standard InChI is InChI=1S/C18H16N4O2S/c1-25(23,24)18-16(14-10-6-3-7-11-14)22-17(20-21-18)15(12-19-22)13-8-4-2-5-9-13/h2-12,16,20H,1H3. The molecule has 2 aromatic carbocycles. The molecule has 3 aromatic rings. The van der Waals surface area contributed by atoms with Crippen LogP contribution in [0.4, 0.5) is 5.82 Å². The van der Waals surface area contributed by atoms with Gasteiger partial charge in [-0.1, -0.05) is 60.7 Å². The van der Waals surface area contributed by atoms with E-state index in [-0.39, 0.29) is 5.04 Å². The molecule has 2 heterocycles. The summed E-state index contributed by atoms with van der Waals surface area (Å²) in [7, 11) is -3.49. The summed E-state index contributed by atoms with van der Waals surface area (Å²) in [5.41, 5.74) is 5.55. The molecule has 7 heteroatoms. The second-order valence-electron chi connectivity index (χ2n) is 5.86. The van der Waals surface area contributed by atoms with Crippen LogP contribution in [0.5, 0.6) is 0 Å². The molecule has 0 amide bonds. The number of anilines is 1. The maximum Gasteiger partial charge on any atom is 0.193 e. The van der Waals surface area contributed by atoms with E-state index in [4.69, 9.17) is 0 Å². The highest BCUT2D eigenvalue weighted by Crippen LogP contribution is 2.35. The van der Waals surface area contributed by atoms with E-state index in [9.17, 15) is 8.42 Å². The number of hydrazone groups is 1. The van der Waals surface area contributed by atoms with Gasteiger partial charge in [-0.2, -0.15) is 10.2 Å². The molecule has 0 radical (unpaired) electrons. The molecular weight excluding hydrogens is 336 g/mol. The smallest absolute Gasteiger partial charge is 0.193 e. The molecule has 0 bridgehead atoms. The Kier molecular flexibility index (Phi) is 3.65. The van der Waals surface area contributed by atoms with Crippen LogP contribution in [0.15, 0.2) is 72.0 Å². The highest BCUT2D eigenvalue weighted by molar-refractivity contribution is 8.05. The summed E-state index contributed by atoms with van der Waals surface area (Å²) < 4.78 is 26.2. The van der Waals surface area contributed by atoms with Gasteiger partial charge in [-0.25, -0.2) is 13.1 Å². The first-order chi connectivity index (χ1) is 12.1. The minimum atomic E-state index is -3.49. The Hall–Kier alpha value is -2.93. The van der Waals surface area contributed by atoms with E-state index in [0.717, 1.165) is 22.9 Å². The van der Waals surface area contributed by atoms with Gasteiger partial charge in [0.1, 0.15) is 6.04 Å². The molecule has 25 heavy (non-hydrogen) atoms. The lowest BCUT2D eigenvalue weighted by molar-refractivity contribution is 0.599. The minimum Gasteiger partial charge on any atom is -0.260 e. The summed E-state index contributed by atoms with van der Waals surface area (Å²) in [6.45, 7) is 0. The number of aromatic nitrogens is 2. The first kappa shape index (κ1) is 15.6. The van der Waals surface area contributed by atoms with Crippen LogP contribution in [-0.4, -0.2) is 29.5 Å². The number of hydrogen-bond acceptors (Lipinski definition) is 5. The van der Waals surface area contributed by atoms with Gasteiger partial charge in [0.25, 0.3) is 0 Å². The molecule has 1 aliphatic heterocycles. The molecule has 0 saturated carbocycles. The average molecular weight is 352 g/mol. The van der Waals surface area contributed by atoms with Gasteiger partial charge in [0.15, 0.2) is 20.7 Å². The van der Waals surface area contributed by atoms with E-state index in [1.807, 2.05) is 60.7 Å². The Morgan fingerprint density at radius 1 is 1.00 bits per heavy atom. The zero-order valence-electron chi connectivity index (χ0n) is 13.5. The number of fused-ring (bicyclic) bond motifs is 1. The van der Waals surface area contributed by atoms with Gasteiger partial charge in [0.2, 0.25) is 0 Å². The summed E-state index contributed by atoms with van der Waals surface area (Å²) >= 11 is 0. The summed E-state index contributed by atoms with van der Waals surface area (Å²) in [5.74, 6) is 0.674. The quantitative estimate of drug-likeness (QED) is 0.769. The highest BCUT2D eigenvalue weighted by Gasteiger charge is 2.34. The Morgan fingerprint density at radius 2 is 1.64 bits per heavy atom. The molecule has 126 valence electrons. The number of hydrogen-bond donors (Lipinski definition) is 1. The van der Waals surface area contributed by atoms with Crippen LogP contribution >= 0.6 is 0 Å². The molecule has 1 aliphatic rings. The normalized spacial score (nSPS) is 16.7. The van der Waals surface area contributed by atoms with Crippen molar-refractivity contribution in [1.29, 1.82) is 0 Å². The maximum atomic E-state index is 12.2. The Labute approximate surface area is 145 Å². The molecular formula is C18H16N4O2S. The van der Waals surface area contributed by atoms with Gasteiger partial charge in [-0.3, -0.25) is 5.43 Å². The molecule has 0 spiro atoms. The number of sulfone groups is 1. The van der Waals surface area contributed by atoms with Crippen molar-refractivity contribution < 1.29 is 8.42 Å². The van der Waals surface area contributed by atoms with Gasteiger partial charge in [-0.05, 0) is 11.1 Å². The van der Waals surface area contributed by atoms with Crippen molar-refractivity contribution in [3.63, 3.8) is 0 Å². The monoisotopic (exact) mass is 352 g/mol. The molecule has 4 rings (SSSR count). The van der Waals surface area contributed by atoms with Crippen molar-refractivity contribution in [2.75, 3.05) is 11.7 Å². The van der Waals surface area contributed by atoms with Gasteiger partial charge < -0.3 is 0 Å². The third kappa shape index (κ3) is 2.72. The molecule has 0 saturated heterocycles. The van der Waals surface area contributed by atoms with E-state index in [2.05, 4.69) is 15.6 Å². The van der Waals surface area contributed by atoms with E-state index >= 15 is 0 Å². The van der Waals surface area contributed by atoms with Crippen LogP contribution in [0.2, 0.25) is 0 Å². The average Bonchev–Trinajstić information content (AvgIpc) is 3.05. The first-order valence-corrected chi connectivity index (χ1v) is 9.66. The fourth-order valence-electron chi connectivity index (χ4n) is 2.98. The van der Waals surface area contributed by atoms with Crippen LogP contribution in [0, 0.1) is 0 Å². The summed E-state index contributed by atoms with van der Waals surface area (Å²) in [6, 6.07) is 18.6. The molecule has 1 N–H and O–H groups in total. The van der Waals surface area contributed by atoms with Crippen molar-refractivity contribution in [2.24, 2.45) is 5.10 Å².